The van der Waals surface area contributed by atoms with Gasteiger partial charge in [0.1, 0.15) is 18.2 Å². The Balaban J connectivity index is 1.64. The standard InChI is InChI=1S/C19H24FNO5/c20-14-6-7-17(26-11-15-5-2-8-25-15)16(10-14)21-18(22)12-3-1-4-13(9-12)19(23)24/h6-7,10,12-13,15H,1-5,8-9,11H2,(H,21,22)(H,23,24). The molecule has 1 saturated carbocycles. The smallest absolute Gasteiger partial charge is 0.306 e. The summed E-state index contributed by atoms with van der Waals surface area (Å²) >= 11 is 0. The minimum absolute atomic E-state index is 0.0123. The fraction of sp³-hybridized carbons (Fsp3) is 0.579. The van der Waals surface area contributed by atoms with Gasteiger partial charge in [0.15, 0.2) is 0 Å². The second-order valence-electron chi connectivity index (χ2n) is 6.97. The first-order valence-electron chi connectivity index (χ1n) is 9.10. The van der Waals surface area contributed by atoms with Gasteiger partial charge in [-0.1, -0.05) is 6.42 Å². The summed E-state index contributed by atoms with van der Waals surface area (Å²) in [5.74, 6) is -2.13. The second kappa shape index (κ2) is 8.49. The van der Waals surface area contributed by atoms with Crippen LogP contribution < -0.4 is 10.1 Å². The van der Waals surface area contributed by atoms with Crippen LogP contribution in [-0.4, -0.2) is 36.3 Å². The van der Waals surface area contributed by atoms with Crippen molar-refractivity contribution in [2.75, 3.05) is 18.5 Å². The highest BCUT2D eigenvalue weighted by Gasteiger charge is 2.31. The molecule has 2 fully saturated rings. The summed E-state index contributed by atoms with van der Waals surface area (Å²) in [7, 11) is 0. The third kappa shape index (κ3) is 4.72. The average Bonchev–Trinajstić information content (AvgIpc) is 3.14. The first-order chi connectivity index (χ1) is 12.5. The molecule has 1 aliphatic heterocycles. The number of amides is 1. The highest BCUT2D eigenvalue weighted by atomic mass is 19.1. The van der Waals surface area contributed by atoms with E-state index in [0.717, 1.165) is 12.8 Å². The molecule has 142 valence electrons. The Labute approximate surface area is 151 Å². The molecule has 6 nitrogen and oxygen atoms in total. The Morgan fingerprint density at radius 3 is 2.77 bits per heavy atom. The lowest BCUT2D eigenvalue weighted by atomic mass is 9.81. The summed E-state index contributed by atoms with van der Waals surface area (Å²) in [6.07, 6.45) is 4.16. The van der Waals surface area contributed by atoms with E-state index in [9.17, 15) is 14.0 Å². The zero-order chi connectivity index (χ0) is 18.5. The van der Waals surface area contributed by atoms with Crippen LogP contribution in [0.1, 0.15) is 38.5 Å². The predicted molar refractivity (Wildman–Crippen MR) is 92.6 cm³/mol. The fourth-order valence-electron chi connectivity index (χ4n) is 3.57. The number of ether oxygens (including phenoxy) is 2. The van der Waals surface area contributed by atoms with Crippen LogP contribution in [0.5, 0.6) is 5.75 Å². The van der Waals surface area contributed by atoms with Gasteiger partial charge in [0.25, 0.3) is 0 Å². The molecular formula is C19H24FNO5. The molecule has 0 radical (unpaired) electrons. The molecule has 3 atom stereocenters. The van der Waals surface area contributed by atoms with Crippen molar-refractivity contribution in [1.82, 2.24) is 0 Å². The molecule has 1 aromatic rings. The summed E-state index contributed by atoms with van der Waals surface area (Å²) < 4.78 is 24.9. The first-order valence-corrected chi connectivity index (χ1v) is 9.10. The van der Waals surface area contributed by atoms with Gasteiger partial charge in [0.05, 0.1) is 17.7 Å². The lowest BCUT2D eigenvalue weighted by Crippen LogP contribution is -2.31. The van der Waals surface area contributed by atoms with Gasteiger partial charge in [-0.25, -0.2) is 4.39 Å². The molecule has 7 heteroatoms. The van der Waals surface area contributed by atoms with E-state index in [4.69, 9.17) is 14.6 Å². The number of carboxylic acid groups (broad SMARTS) is 1. The maximum atomic E-state index is 13.6. The normalized spacial score (nSPS) is 25.7. The summed E-state index contributed by atoms with van der Waals surface area (Å²) in [5.41, 5.74) is 0.269. The monoisotopic (exact) mass is 365 g/mol. The van der Waals surface area contributed by atoms with Crippen molar-refractivity contribution in [3.8, 4) is 5.75 Å². The van der Waals surface area contributed by atoms with E-state index in [0.29, 0.717) is 44.6 Å². The largest absolute Gasteiger partial charge is 0.489 e. The average molecular weight is 365 g/mol. The lowest BCUT2D eigenvalue weighted by Gasteiger charge is -2.26. The van der Waals surface area contributed by atoms with Gasteiger partial charge in [-0.05, 0) is 44.2 Å². The SMILES string of the molecule is O=C(O)C1CCCC(C(=O)Nc2cc(F)ccc2OCC2CCCO2)C1. The number of anilines is 1. The van der Waals surface area contributed by atoms with Gasteiger partial charge in [0, 0.05) is 18.6 Å². The van der Waals surface area contributed by atoms with Crippen molar-refractivity contribution in [2.45, 2.75) is 44.6 Å². The van der Waals surface area contributed by atoms with Gasteiger partial charge in [-0.3, -0.25) is 9.59 Å². The van der Waals surface area contributed by atoms with Crippen LogP contribution in [0.4, 0.5) is 10.1 Å². The molecule has 2 aliphatic rings. The molecule has 2 N–H and O–H groups in total. The number of rotatable bonds is 6. The van der Waals surface area contributed by atoms with E-state index in [1.165, 1.54) is 18.2 Å². The second-order valence-corrected chi connectivity index (χ2v) is 6.97. The molecule has 0 spiro atoms. The number of carboxylic acids is 1. The van der Waals surface area contributed by atoms with Crippen molar-refractivity contribution >= 4 is 17.6 Å². The number of hydrogen-bond donors (Lipinski definition) is 2. The highest BCUT2D eigenvalue weighted by molar-refractivity contribution is 5.94. The number of nitrogens with one attached hydrogen (secondary N) is 1. The first kappa shape index (κ1) is 18.6. The van der Waals surface area contributed by atoms with Crippen molar-refractivity contribution in [3.05, 3.63) is 24.0 Å². The number of carbonyl (C=O) groups excluding carboxylic acids is 1. The number of hydrogen-bond acceptors (Lipinski definition) is 4. The molecular weight excluding hydrogens is 341 g/mol. The van der Waals surface area contributed by atoms with Crippen LogP contribution >= 0.6 is 0 Å². The molecule has 1 amide bonds. The maximum absolute atomic E-state index is 13.6. The number of carbonyl (C=O) groups is 2. The van der Waals surface area contributed by atoms with E-state index in [1.807, 2.05) is 0 Å². The molecule has 0 bridgehead atoms. The van der Waals surface area contributed by atoms with Gasteiger partial charge < -0.3 is 19.9 Å². The molecule has 26 heavy (non-hydrogen) atoms. The number of halogens is 1. The van der Waals surface area contributed by atoms with Gasteiger partial charge in [-0.2, -0.15) is 0 Å². The summed E-state index contributed by atoms with van der Waals surface area (Å²) in [6.45, 7) is 1.06. The highest BCUT2D eigenvalue weighted by Crippen LogP contribution is 2.32. The minimum Gasteiger partial charge on any atom is -0.489 e. The Morgan fingerprint density at radius 2 is 2.04 bits per heavy atom. The van der Waals surface area contributed by atoms with E-state index in [-0.39, 0.29) is 23.6 Å². The molecule has 1 aromatic carbocycles. The van der Waals surface area contributed by atoms with Crippen LogP contribution in [-0.2, 0) is 14.3 Å². The van der Waals surface area contributed by atoms with Gasteiger partial charge >= 0.3 is 5.97 Å². The van der Waals surface area contributed by atoms with E-state index < -0.39 is 17.7 Å². The predicted octanol–water partition coefficient (Wildman–Crippen LogP) is 3.21. The number of benzene rings is 1. The van der Waals surface area contributed by atoms with E-state index in [2.05, 4.69) is 5.32 Å². The quantitative estimate of drug-likeness (QED) is 0.809. The van der Waals surface area contributed by atoms with Crippen LogP contribution in [0.3, 0.4) is 0 Å². The zero-order valence-corrected chi connectivity index (χ0v) is 14.6. The lowest BCUT2D eigenvalue weighted by molar-refractivity contribution is -0.143. The molecule has 1 heterocycles. The zero-order valence-electron chi connectivity index (χ0n) is 14.6. The van der Waals surface area contributed by atoms with E-state index >= 15 is 0 Å². The Morgan fingerprint density at radius 1 is 1.23 bits per heavy atom. The van der Waals surface area contributed by atoms with Gasteiger partial charge in [0.2, 0.25) is 5.91 Å². The molecule has 3 unspecified atom stereocenters. The van der Waals surface area contributed by atoms with Crippen molar-refractivity contribution in [2.24, 2.45) is 11.8 Å². The third-order valence-electron chi connectivity index (χ3n) is 5.04. The van der Waals surface area contributed by atoms with Crippen molar-refractivity contribution < 1.29 is 28.6 Å². The minimum atomic E-state index is -0.867. The van der Waals surface area contributed by atoms with Crippen molar-refractivity contribution in [1.29, 1.82) is 0 Å². The molecule has 1 saturated heterocycles. The molecule has 0 aromatic heterocycles. The van der Waals surface area contributed by atoms with Crippen molar-refractivity contribution in [3.63, 3.8) is 0 Å². The molecule has 1 aliphatic carbocycles. The summed E-state index contributed by atoms with van der Waals surface area (Å²) in [5, 5.41) is 11.9. The Kier molecular flexibility index (Phi) is 6.08. The van der Waals surface area contributed by atoms with Gasteiger partial charge in [-0.15, -0.1) is 0 Å². The number of aliphatic carboxylic acids is 1. The Bertz CT molecular complexity index is 659. The fourth-order valence-corrected chi connectivity index (χ4v) is 3.57. The van der Waals surface area contributed by atoms with Crippen LogP contribution in [0.25, 0.3) is 0 Å². The third-order valence-corrected chi connectivity index (χ3v) is 5.04. The molecule has 3 rings (SSSR count). The topological polar surface area (TPSA) is 84.9 Å². The van der Waals surface area contributed by atoms with E-state index in [1.54, 1.807) is 0 Å². The van der Waals surface area contributed by atoms with Crippen LogP contribution in [0.15, 0.2) is 18.2 Å². The Hall–Kier alpha value is -2.15. The summed E-state index contributed by atoms with van der Waals surface area (Å²) in [4.78, 5) is 23.7. The van der Waals surface area contributed by atoms with Crippen LogP contribution in [0, 0.1) is 17.7 Å². The maximum Gasteiger partial charge on any atom is 0.306 e. The summed E-state index contributed by atoms with van der Waals surface area (Å²) in [6, 6.07) is 3.99. The van der Waals surface area contributed by atoms with Crippen LogP contribution in [0.2, 0.25) is 0 Å².